The summed E-state index contributed by atoms with van der Waals surface area (Å²) < 4.78 is 37.8. The summed E-state index contributed by atoms with van der Waals surface area (Å²) in [6.07, 6.45) is -3.05. The number of likely N-dealkylation sites (N-methyl/N-ethyl adjacent to an activating group) is 1. The van der Waals surface area contributed by atoms with Crippen molar-refractivity contribution in [3.05, 3.63) is 88.8 Å². The number of H-pyrrole nitrogens is 1. The van der Waals surface area contributed by atoms with Gasteiger partial charge in [0.1, 0.15) is 0 Å². The molecule has 2 heterocycles. The Morgan fingerprint density at radius 1 is 0.939 bits per heavy atom. The number of rotatable bonds is 1. The van der Waals surface area contributed by atoms with E-state index in [1.807, 2.05) is 35.2 Å². The van der Waals surface area contributed by atoms with Gasteiger partial charge in [0.2, 0.25) is 5.91 Å². The standard InChI is InChI=1S/C16H13F3N2O.C8H6N2O/c1-21-9-15(22)20-13-7-4-11(8-14(13)21)10-2-5-12(6-3-10)16(17,18)19;11-8-5-9-6-3-1-2-4-7(6)10-8/h2-8H,9H2,1H3,(H,20,22);1-5H,(H,10,11). The topological polar surface area (TPSA) is 78.1 Å². The molecule has 9 heteroatoms. The maximum atomic E-state index is 12.6. The summed E-state index contributed by atoms with van der Waals surface area (Å²) in [6.45, 7) is 0.253. The van der Waals surface area contributed by atoms with Crippen molar-refractivity contribution >= 4 is 28.3 Å². The van der Waals surface area contributed by atoms with Crippen LogP contribution in [0.25, 0.3) is 22.2 Å². The van der Waals surface area contributed by atoms with E-state index in [0.29, 0.717) is 11.3 Å². The Morgan fingerprint density at radius 3 is 2.36 bits per heavy atom. The highest BCUT2D eigenvalue weighted by atomic mass is 19.4. The number of aromatic nitrogens is 2. The van der Waals surface area contributed by atoms with Gasteiger partial charge in [-0.3, -0.25) is 9.59 Å². The van der Waals surface area contributed by atoms with Crippen molar-refractivity contribution in [1.82, 2.24) is 9.97 Å². The third-order valence-corrected chi connectivity index (χ3v) is 5.09. The zero-order valence-electron chi connectivity index (χ0n) is 17.5. The molecule has 2 N–H and O–H groups in total. The fourth-order valence-corrected chi connectivity index (χ4v) is 3.46. The molecule has 0 atom stereocenters. The fraction of sp³-hybridized carbons (Fsp3) is 0.125. The SMILES string of the molecule is CN1CC(=O)Nc2ccc(-c3ccc(C(F)(F)F)cc3)cc21.O=c1cnc2ccccc2[nH]1. The molecule has 0 bridgehead atoms. The minimum absolute atomic E-state index is 0.0859. The number of hydrogen-bond donors (Lipinski definition) is 2. The number of fused-ring (bicyclic) bond motifs is 2. The van der Waals surface area contributed by atoms with Crippen LogP contribution in [-0.2, 0) is 11.0 Å². The van der Waals surface area contributed by atoms with E-state index in [1.165, 1.54) is 18.3 Å². The molecule has 0 saturated heterocycles. The largest absolute Gasteiger partial charge is 0.416 e. The third kappa shape index (κ3) is 5.03. The van der Waals surface area contributed by atoms with E-state index < -0.39 is 11.7 Å². The molecule has 33 heavy (non-hydrogen) atoms. The molecule has 1 aliphatic rings. The van der Waals surface area contributed by atoms with Gasteiger partial charge in [-0.05, 0) is 47.5 Å². The van der Waals surface area contributed by atoms with Gasteiger partial charge in [-0.25, -0.2) is 4.98 Å². The number of hydrogen-bond acceptors (Lipinski definition) is 4. The smallest absolute Gasteiger partial charge is 0.364 e. The Kier molecular flexibility index (Phi) is 5.87. The second kappa shape index (κ2) is 8.78. The van der Waals surface area contributed by atoms with E-state index in [9.17, 15) is 22.8 Å². The monoisotopic (exact) mass is 452 g/mol. The Bertz CT molecular complexity index is 1360. The average Bonchev–Trinajstić information content (AvgIpc) is 2.79. The Hall–Kier alpha value is -4.14. The van der Waals surface area contributed by atoms with Gasteiger partial charge >= 0.3 is 6.18 Å². The van der Waals surface area contributed by atoms with Crippen molar-refractivity contribution < 1.29 is 18.0 Å². The number of halogens is 3. The maximum Gasteiger partial charge on any atom is 0.416 e. The highest BCUT2D eigenvalue weighted by molar-refractivity contribution is 6.01. The molecule has 0 spiro atoms. The van der Waals surface area contributed by atoms with Crippen LogP contribution in [0.1, 0.15) is 5.56 Å². The van der Waals surface area contributed by atoms with Gasteiger partial charge in [0.15, 0.2) is 0 Å². The number of amides is 1. The molecule has 0 unspecified atom stereocenters. The van der Waals surface area contributed by atoms with Crippen LogP contribution in [0.3, 0.4) is 0 Å². The van der Waals surface area contributed by atoms with E-state index in [1.54, 1.807) is 19.2 Å². The van der Waals surface area contributed by atoms with E-state index in [4.69, 9.17) is 0 Å². The molecule has 1 amide bonds. The van der Waals surface area contributed by atoms with Gasteiger partial charge < -0.3 is 15.2 Å². The van der Waals surface area contributed by atoms with E-state index in [0.717, 1.165) is 34.4 Å². The number of aromatic amines is 1. The molecule has 1 aromatic heterocycles. The van der Waals surface area contributed by atoms with Gasteiger partial charge in [-0.1, -0.05) is 30.3 Å². The zero-order chi connectivity index (χ0) is 23.6. The number of nitrogens with one attached hydrogen (secondary N) is 2. The van der Waals surface area contributed by atoms with Crippen LogP contribution in [0.2, 0.25) is 0 Å². The number of benzene rings is 3. The number of carbonyl (C=O) groups is 1. The molecule has 0 radical (unpaired) electrons. The second-order valence-electron chi connectivity index (χ2n) is 7.48. The van der Waals surface area contributed by atoms with Crippen LogP contribution in [0.15, 0.2) is 77.7 Å². The van der Waals surface area contributed by atoms with Crippen LogP contribution >= 0.6 is 0 Å². The predicted molar refractivity (Wildman–Crippen MR) is 121 cm³/mol. The fourth-order valence-electron chi connectivity index (χ4n) is 3.46. The molecular formula is C24H19F3N4O2. The van der Waals surface area contributed by atoms with Crippen LogP contribution in [-0.4, -0.2) is 29.5 Å². The van der Waals surface area contributed by atoms with Crippen LogP contribution < -0.4 is 15.8 Å². The maximum absolute atomic E-state index is 12.6. The third-order valence-electron chi connectivity index (χ3n) is 5.09. The van der Waals surface area contributed by atoms with Crippen molar-refractivity contribution in [2.24, 2.45) is 0 Å². The van der Waals surface area contributed by atoms with E-state index >= 15 is 0 Å². The lowest BCUT2D eigenvalue weighted by molar-refractivity contribution is -0.137. The van der Waals surface area contributed by atoms with Crippen LogP contribution in [0.5, 0.6) is 0 Å². The van der Waals surface area contributed by atoms with Crippen LogP contribution in [0, 0.1) is 0 Å². The van der Waals surface area contributed by atoms with Gasteiger partial charge in [0, 0.05) is 7.05 Å². The summed E-state index contributed by atoms with van der Waals surface area (Å²) in [4.78, 5) is 30.6. The first-order valence-corrected chi connectivity index (χ1v) is 9.97. The summed E-state index contributed by atoms with van der Waals surface area (Å²) in [5.74, 6) is -0.0859. The molecule has 0 saturated carbocycles. The first kappa shape index (κ1) is 22.1. The summed E-state index contributed by atoms with van der Waals surface area (Å²) >= 11 is 0. The molecule has 4 aromatic rings. The first-order chi connectivity index (χ1) is 15.7. The number of anilines is 2. The second-order valence-corrected chi connectivity index (χ2v) is 7.48. The minimum atomic E-state index is -4.33. The summed E-state index contributed by atoms with van der Waals surface area (Å²) in [7, 11) is 1.80. The van der Waals surface area contributed by atoms with Crippen LogP contribution in [0.4, 0.5) is 24.5 Å². The summed E-state index contributed by atoms with van der Waals surface area (Å²) in [5, 5.41) is 2.77. The van der Waals surface area contributed by atoms with E-state index in [-0.39, 0.29) is 18.0 Å². The van der Waals surface area contributed by atoms with Crippen molar-refractivity contribution in [1.29, 1.82) is 0 Å². The van der Waals surface area contributed by atoms with Crippen molar-refractivity contribution in [2.75, 3.05) is 23.8 Å². The molecule has 0 aliphatic carbocycles. The Labute approximate surface area is 186 Å². The molecule has 168 valence electrons. The lowest BCUT2D eigenvalue weighted by atomic mass is 10.0. The first-order valence-electron chi connectivity index (χ1n) is 9.97. The van der Waals surface area contributed by atoms with Gasteiger partial charge in [0.05, 0.1) is 40.7 Å². The number of para-hydroxylation sites is 2. The molecule has 0 fully saturated rings. The van der Waals surface area contributed by atoms with Gasteiger partial charge in [-0.2, -0.15) is 13.2 Å². The summed E-state index contributed by atoms with van der Waals surface area (Å²) in [6, 6.07) is 17.9. The van der Waals surface area contributed by atoms with Gasteiger partial charge in [0.25, 0.3) is 5.56 Å². The quantitative estimate of drug-likeness (QED) is 0.440. The molecule has 6 nitrogen and oxygen atoms in total. The minimum Gasteiger partial charge on any atom is -0.364 e. The normalized spacial score (nSPS) is 13.1. The number of carbonyl (C=O) groups excluding carboxylic acids is 1. The van der Waals surface area contributed by atoms with E-state index in [2.05, 4.69) is 15.3 Å². The Morgan fingerprint density at radius 2 is 1.64 bits per heavy atom. The summed E-state index contributed by atoms with van der Waals surface area (Å²) in [5.41, 5.74) is 3.80. The number of alkyl halides is 3. The molecular weight excluding hydrogens is 433 g/mol. The van der Waals surface area contributed by atoms with Crippen molar-refractivity contribution in [3.63, 3.8) is 0 Å². The highest BCUT2D eigenvalue weighted by Gasteiger charge is 2.30. The van der Waals surface area contributed by atoms with Crippen molar-refractivity contribution in [3.8, 4) is 11.1 Å². The average molecular weight is 452 g/mol. The molecule has 3 aromatic carbocycles. The van der Waals surface area contributed by atoms with Crippen molar-refractivity contribution in [2.45, 2.75) is 6.18 Å². The number of nitrogens with zero attached hydrogens (tertiary/aromatic N) is 2. The Balaban J connectivity index is 0.000000196. The molecule has 1 aliphatic heterocycles. The molecule has 5 rings (SSSR count). The zero-order valence-corrected chi connectivity index (χ0v) is 17.5. The lowest BCUT2D eigenvalue weighted by Crippen LogP contribution is -2.35. The lowest BCUT2D eigenvalue weighted by Gasteiger charge is -2.27. The van der Waals surface area contributed by atoms with Gasteiger partial charge in [-0.15, -0.1) is 0 Å². The predicted octanol–water partition coefficient (Wildman–Crippen LogP) is 4.68. The highest BCUT2D eigenvalue weighted by Crippen LogP contribution is 2.35.